The van der Waals surface area contributed by atoms with Gasteiger partial charge >= 0.3 is 5.97 Å². The van der Waals surface area contributed by atoms with Crippen LogP contribution in [0.4, 0.5) is 5.69 Å². The normalized spacial score (nSPS) is 11.5. The van der Waals surface area contributed by atoms with Gasteiger partial charge in [0.2, 0.25) is 0 Å². The molecule has 0 spiro atoms. The highest BCUT2D eigenvalue weighted by Crippen LogP contribution is 2.19. The summed E-state index contributed by atoms with van der Waals surface area (Å²) in [6.45, 7) is 3.48. The van der Waals surface area contributed by atoms with E-state index < -0.39 is 12.1 Å². The van der Waals surface area contributed by atoms with Crippen molar-refractivity contribution in [1.29, 1.82) is 0 Å². The maximum atomic E-state index is 11.5. The number of likely N-dealkylation sites (N-methyl/N-ethyl adjacent to an activating group) is 1. The van der Waals surface area contributed by atoms with Gasteiger partial charge in [-0.1, -0.05) is 12.1 Å². The summed E-state index contributed by atoms with van der Waals surface area (Å²) in [6.07, 6.45) is -0.843. The highest BCUT2D eigenvalue weighted by molar-refractivity contribution is 5.83. The number of nitrogens with two attached hydrogens (primary N) is 1. The number of hydrogen-bond acceptors (Lipinski definition) is 5. The average Bonchev–Trinajstić information content (AvgIpc) is 2.38. The van der Waals surface area contributed by atoms with Gasteiger partial charge in [-0.05, 0) is 26.0 Å². The molecular formula is C13H18N2O4. The fourth-order valence-corrected chi connectivity index (χ4v) is 1.35. The van der Waals surface area contributed by atoms with E-state index in [4.69, 9.17) is 15.2 Å². The third-order valence-corrected chi connectivity index (χ3v) is 2.29. The van der Waals surface area contributed by atoms with Crippen molar-refractivity contribution in [1.82, 2.24) is 5.32 Å². The van der Waals surface area contributed by atoms with E-state index in [1.165, 1.54) is 6.92 Å². The zero-order valence-electron chi connectivity index (χ0n) is 11.0. The average molecular weight is 266 g/mol. The minimum atomic E-state index is -0.843. The second-order valence-electron chi connectivity index (χ2n) is 3.85. The Morgan fingerprint density at radius 2 is 2.05 bits per heavy atom. The third-order valence-electron chi connectivity index (χ3n) is 2.29. The van der Waals surface area contributed by atoms with Gasteiger partial charge in [0, 0.05) is 6.54 Å². The van der Waals surface area contributed by atoms with Gasteiger partial charge in [-0.25, -0.2) is 4.79 Å². The van der Waals surface area contributed by atoms with E-state index in [0.717, 1.165) is 0 Å². The van der Waals surface area contributed by atoms with E-state index in [-0.39, 0.29) is 12.5 Å². The summed E-state index contributed by atoms with van der Waals surface area (Å²) < 4.78 is 10.1. The van der Waals surface area contributed by atoms with Gasteiger partial charge in [-0.15, -0.1) is 0 Å². The number of rotatable bonds is 6. The molecule has 1 aromatic rings. The van der Waals surface area contributed by atoms with Crippen molar-refractivity contribution >= 4 is 17.6 Å². The number of nitrogen functional groups attached to an aromatic ring is 1. The first-order chi connectivity index (χ1) is 9.04. The first-order valence-electron chi connectivity index (χ1n) is 5.99. The van der Waals surface area contributed by atoms with Crippen LogP contribution in [0, 0.1) is 0 Å². The fraction of sp³-hybridized carbons (Fsp3) is 0.385. The smallest absolute Gasteiger partial charge is 0.344 e. The molecule has 6 nitrogen and oxygen atoms in total. The lowest BCUT2D eigenvalue weighted by Crippen LogP contribution is -2.36. The number of nitrogens with one attached hydrogen (secondary N) is 1. The molecule has 1 aromatic carbocycles. The molecule has 1 rings (SSSR count). The first-order valence-corrected chi connectivity index (χ1v) is 5.99. The molecule has 0 heterocycles. The number of para-hydroxylation sites is 2. The topological polar surface area (TPSA) is 90.6 Å². The van der Waals surface area contributed by atoms with Gasteiger partial charge in [-0.3, -0.25) is 4.79 Å². The molecule has 1 atom stereocenters. The van der Waals surface area contributed by atoms with Crippen molar-refractivity contribution in [2.24, 2.45) is 0 Å². The SMILES string of the molecule is CCNC(=O)C(C)OC(=O)COc1ccccc1N. The molecule has 0 bridgehead atoms. The minimum absolute atomic E-state index is 0.294. The molecule has 0 saturated carbocycles. The monoisotopic (exact) mass is 266 g/mol. The number of benzene rings is 1. The minimum Gasteiger partial charge on any atom is -0.480 e. The Kier molecular flexibility index (Phi) is 5.66. The van der Waals surface area contributed by atoms with E-state index in [2.05, 4.69) is 5.32 Å². The lowest BCUT2D eigenvalue weighted by molar-refractivity contribution is -0.156. The van der Waals surface area contributed by atoms with Crippen LogP contribution in [0.1, 0.15) is 13.8 Å². The molecule has 0 aromatic heterocycles. The molecule has 1 amide bonds. The predicted molar refractivity (Wildman–Crippen MR) is 70.6 cm³/mol. The number of esters is 1. The molecule has 19 heavy (non-hydrogen) atoms. The summed E-state index contributed by atoms with van der Waals surface area (Å²) in [5.41, 5.74) is 6.09. The van der Waals surface area contributed by atoms with Crippen molar-refractivity contribution in [3.63, 3.8) is 0 Å². The predicted octanol–water partition coefficient (Wildman–Crippen LogP) is 0.715. The third kappa shape index (κ3) is 4.87. The van der Waals surface area contributed by atoms with Crippen LogP contribution < -0.4 is 15.8 Å². The Morgan fingerprint density at radius 1 is 1.37 bits per heavy atom. The molecule has 104 valence electrons. The van der Waals surface area contributed by atoms with Crippen molar-refractivity contribution < 1.29 is 19.1 Å². The van der Waals surface area contributed by atoms with Crippen LogP contribution in [-0.4, -0.2) is 31.1 Å². The van der Waals surface area contributed by atoms with E-state index in [0.29, 0.717) is 18.0 Å². The molecule has 6 heteroatoms. The molecule has 1 unspecified atom stereocenters. The van der Waals surface area contributed by atoms with Gasteiger partial charge in [0.25, 0.3) is 5.91 Å². The Balaban J connectivity index is 2.40. The van der Waals surface area contributed by atoms with Gasteiger partial charge in [0.05, 0.1) is 5.69 Å². The van der Waals surface area contributed by atoms with Crippen LogP contribution >= 0.6 is 0 Å². The van der Waals surface area contributed by atoms with Crippen LogP contribution in [0.15, 0.2) is 24.3 Å². The molecule has 0 aliphatic rings. The summed E-state index contributed by atoms with van der Waals surface area (Å²) in [5.74, 6) is -0.554. The molecular weight excluding hydrogens is 248 g/mol. The van der Waals surface area contributed by atoms with E-state index in [1.54, 1.807) is 31.2 Å². The number of amides is 1. The van der Waals surface area contributed by atoms with Crippen LogP contribution in [-0.2, 0) is 14.3 Å². The van der Waals surface area contributed by atoms with Crippen LogP contribution in [0.2, 0.25) is 0 Å². The molecule has 0 aliphatic heterocycles. The largest absolute Gasteiger partial charge is 0.480 e. The van der Waals surface area contributed by atoms with Crippen molar-refractivity contribution in [2.45, 2.75) is 20.0 Å². The van der Waals surface area contributed by atoms with E-state index in [9.17, 15) is 9.59 Å². The summed E-state index contributed by atoms with van der Waals surface area (Å²) in [6, 6.07) is 6.82. The second-order valence-corrected chi connectivity index (χ2v) is 3.85. The Hall–Kier alpha value is -2.24. The Labute approximate surface area is 111 Å². The highest BCUT2D eigenvalue weighted by Gasteiger charge is 2.17. The van der Waals surface area contributed by atoms with Crippen LogP contribution in [0.25, 0.3) is 0 Å². The summed E-state index contributed by atoms with van der Waals surface area (Å²) in [5, 5.41) is 2.56. The molecule has 3 N–H and O–H groups in total. The maximum absolute atomic E-state index is 11.5. The number of anilines is 1. The fourth-order valence-electron chi connectivity index (χ4n) is 1.35. The lowest BCUT2D eigenvalue weighted by atomic mass is 10.3. The van der Waals surface area contributed by atoms with Crippen LogP contribution in [0.3, 0.4) is 0 Å². The number of hydrogen-bond donors (Lipinski definition) is 2. The lowest BCUT2D eigenvalue weighted by Gasteiger charge is -2.13. The molecule has 0 radical (unpaired) electrons. The first kappa shape index (κ1) is 14.8. The maximum Gasteiger partial charge on any atom is 0.344 e. The number of carbonyl (C=O) groups excluding carboxylic acids is 2. The molecule has 0 fully saturated rings. The molecule has 0 saturated heterocycles. The van der Waals surface area contributed by atoms with Gasteiger partial charge < -0.3 is 20.5 Å². The zero-order valence-corrected chi connectivity index (χ0v) is 11.0. The van der Waals surface area contributed by atoms with Crippen molar-refractivity contribution in [2.75, 3.05) is 18.9 Å². The van der Waals surface area contributed by atoms with Crippen molar-refractivity contribution in [3.05, 3.63) is 24.3 Å². The Bertz CT molecular complexity index is 448. The van der Waals surface area contributed by atoms with Crippen LogP contribution in [0.5, 0.6) is 5.75 Å². The molecule has 0 aliphatic carbocycles. The quantitative estimate of drug-likeness (QED) is 0.584. The van der Waals surface area contributed by atoms with Gasteiger partial charge in [0.15, 0.2) is 12.7 Å². The summed E-state index contributed by atoms with van der Waals surface area (Å²) in [7, 11) is 0. The van der Waals surface area contributed by atoms with E-state index in [1.807, 2.05) is 0 Å². The Morgan fingerprint density at radius 3 is 2.68 bits per heavy atom. The summed E-state index contributed by atoms with van der Waals surface area (Å²) >= 11 is 0. The standard InChI is InChI=1S/C13H18N2O4/c1-3-15-13(17)9(2)19-12(16)8-18-11-7-5-4-6-10(11)14/h4-7,9H,3,8,14H2,1-2H3,(H,15,17). The number of carbonyl (C=O) groups is 2. The van der Waals surface area contributed by atoms with E-state index >= 15 is 0 Å². The second kappa shape index (κ2) is 7.25. The van der Waals surface area contributed by atoms with Crippen molar-refractivity contribution in [3.8, 4) is 5.75 Å². The number of ether oxygens (including phenoxy) is 2. The summed E-state index contributed by atoms with van der Waals surface area (Å²) in [4.78, 5) is 22.8. The highest BCUT2D eigenvalue weighted by atomic mass is 16.6. The van der Waals surface area contributed by atoms with Gasteiger partial charge in [-0.2, -0.15) is 0 Å². The zero-order chi connectivity index (χ0) is 14.3. The van der Waals surface area contributed by atoms with Gasteiger partial charge in [0.1, 0.15) is 5.75 Å².